The van der Waals surface area contributed by atoms with Gasteiger partial charge in [-0.3, -0.25) is 4.84 Å². The average molecular weight is 130 g/mol. The van der Waals surface area contributed by atoms with Gasteiger partial charge in [0.05, 0.1) is 6.10 Å². The lowest BCUT2D eigenvalue weighted by Crippen LogP contribution is -2.24. The first kappa shape index (κ1) is 6.99. The Bertz CT molecular complexity index is 77.1. The van der Waals surface area contributed by atoms with E-state index in [9.17, 15) is 0 Å². The minimum Gasteiger partial charge on any atom is -0.301 e. The lowest BCUT2D eigenvalue weighted by Gasteiger charge is -2.10. The van der Waals surface area contributed by atoms with Gasteiger partial charge in [-0.1, -0.05) is 6.92 Å². The summed E-state index contributed by atoms with van der Waals surface area (Å²) in [6.45, 7) is 5.41. The van der Waals surface area contributed by atoms with Gasteiger partial charge in [-0.2, -0.15) is 0 Å². The molecule has 0 bridgehead atoms. The highest BCUT2D eigenvalue weighted by atomic mass is 16.6. The van der Waals surface area contributed by atoms with Gasteiger partial charge in [0.15, 0.2) is 0 Å². The molecule has 1 atom stereocenters. The van der Waals surface area contributed by atoms with E-state index in [0.29, 0.717) is 0 Å². The molecule has 2 N–H and O–H groups in total. The Kier molecular flexibility index (Phi) is 2.45. The molecule has 1 aliphatic heterocycles. The molecule has 0 aromatic carbocycles. The molecule has 9 heavy (non-hydrogen) atoms. The summed E-state index contributed by atoms with van der Waals surface area (Å²) in [7, 11) is 0. The Morgan fingerprint density at radius 1 is 1.78 bits per heavy atom. The van der Waals surface area contributed by atoms with Gasteiger partial charge < -0.3 is 4.90 Å². The van der Waals surface area contributed by atoms with Gasteiger partial charge in [0, 0.05) is 13.1 Å². The smallest absolute Gasteiger partial charge is 0.0926 e. The summed E-state index contributed by atoms with van der Waals surface area (Å²) in [4.78, 5) is 7.03. The molecule has 0 aromatic heterocycles. The van der Waals surface area contributed by atoms with Crippen LogP contribution in [-0.4, -0.2) is 30.6 Å². The number of hydrogen-bond acceptors (Lipinski definition) is 3. The molecule has 1 aliphatic rings. The Morgan fingerprint density at radius 2 is 2.56 bits per heavy atom. The molecule has 1 unspecified atom stereocenters. The number of nitrogens with zero attached hydrogens (tertiary/aromatic N) is 1. The van der Waals surface area contributed by atoms with Gasteiger partial charge in [-0.25, -0.2) is 5.90 Å². The van der Waals surface area contributed by atoms with Crippen molar-refractivity contribution < 1.29 is 4.84 Å². The van der Waals surface area contributed by atoms with E-state index in [2.05, 4.69) is 11.8 Å². The Morgan fingerprint density at radius 3 is 2.89 bits per heavy atom. The van der Waals surface area contributed by atoms with Crippen LogP contribution in [0, 0.1) is 0 Å². The van der Waals surface area contributed by atoms with E-state index in [4.69, 9.17) is 10.7 Å². The fourth-order valence-corrected chi connectivity index (χ4v) is 1.20. The van der Waals surface area contributed by atoms with Crippen molar-refractivity contribution in [3.8, 4) is 0 Å². The summed E-state index contributed by atoms with van der Waals surface area (Å²) in [6, 6.07) is 0. The van der Waals surface area contributed by atoms with Crippen molar-refractivity contribution in [3.05, 3.63) is 0 Å². The maximum absolute atomic E-state index is 5.02. The number of likely N-dealkylation sites (N-methyl/N-ethyl adjacent to an activating group) is 1. The van der Waals surface area contributed by atoms with Crippen LogP contribution < -0.4 is 5.90 Å². The largest absolute Gasteiger partial charge is 0.301 e. The minimum absolute atomic E-state index is 0.282. The monoisotopic (exact) mass is 130 g/mol. The summed E-state index contributed by atoms with van der Waals surface area (Å²) in [5.41, 5.74) is 0. The predicted molar refractivity (Wildman–Crippen MR) is 35.8 cm³/mol. The first-order valence-corrected chi connectivity index (χ1v) is 3.44. The zero-order valence-corrected chi connectivity index (χ0v) is 5.84. The molecule has 1 heterocycles. The Labute approximate surface area is 55.7 Å². The first-order valence-electron chi connectivity index (χ1n) is 3.44. The molecule has 0 spiro atoms. The lowest BCUT2D eigenvalue weighted by molar-refractivity contribution is 0.0599. The van der Waals surface area contributed by atoms with Crippen molar-refractivity contribution in [1.82, 2.24) is 4.90 Å². The van der Waals surface area contributed by atoms with E-state index in [1.807, 2.05) is 0 Å². The average Bonchev–Trinajstić information content (AvgIpc) is 2.34. The van der Waals surface area contributed by atoms with Gasteiger partial charge in [-0.15, -0.1) is 0 Å². The Balaban J connectivity index is 2.20. The molecule has 0 radical (unpaired) electrons. The molecule has 3 heteroatoms. The zero-order chi connectivity index (χ0) is 6.69. The van der Waals surface area contributed by atoms with Crippen LogP contribution in [0.25, 0.3) is 0 Å². The molecular formula is C6H14N2O. The zero-order valence-electron chi connectivity index (χ0n) is 5.84. The highest BCUT2D eigenvalue weighted by Crippen LogP contribution is 2.09. The third-order valence-corrected chi connectivity index (χ3v) is 1.87. The van der Waals surface area contributed by atoms with E-state index in [0.717, 1.165) is 26.1 Å². The molecule has 3 nitrogen and oxygen atoms in total. The molecule has 0 aliphatic carbocycles. The van der Waals surface area contributed by atoms with Crippen molar-refractivity contribution in [2.45, 2.75) is 19.4 Å². The van der Waals surface area contributed by atoms with Gasteiger partial charge in [-0.05, 0) is 13.0 Å². The summed E-state index contributed by atoms with van der Waals surface area (Å²) in [5, 5.41) is 0. The molecule has 0 amide bonds. The van der Waals surface area contributed by atoms with Crippen molar-refractivity contribution in [2.75, 3.05) is 19.6 Å². The van der Waals surface area contributed by atoms with Crippen LogP contribution in [0.2, 0.25) is 0 Å². The Hall–Kier alpha value is -0.120. The van der Waals surface area contributed by atoms with Crippen LogP contribution in [0.1, 0.15) is 13.3 Å². The molecule has 1 fully saturated rings. The lowest BCUT2D eigenvalue weighted by atomic mass is 10.3. The molecule has 0 aromatic rings. The van der Waals surface area contributed by atoms with Crippen molar-refractivity contribution in [1.29, 1.82) is 0 Å². The number of likely N-dealkylation sites (tertiary alicyclic amines) is 1. The van der Waals surface area contributed by atoms with Crippen LogP contribution in [0.3, 0.4) is 0 Å². The van der Waals surface area contributed by atoms with Gasteiger partial charge >= 0.3 is 0 Å². The second-order valence-electron chi connectivity index (χ2n) is 2.44. The quantitative estimate of drug-likeness (QED) is 0.533. The summed E-state index contributed by atoms with van der Waals surface area (Å²) in [5.74, 6) is 5.02. The van der Waals surface area contributed by atoms with Gasteiger partial charge in [0.2, 0.25) is 0 Å². The summed E-state index contributed by atoms with van der Waals surface area (Å²) < 4.78 is 0. The van der Waals surface area contributed by atoms with E-state index >= 15 is 0 Å². The number of rotatable bonds is 2. The summed E-state index contributed by atoms with van der Waals surface area (Å²) >= 11 is 0. The summed E-state index contributed by atoms with van der Waals surface area (Å²) in [6.07, 6.45) is 1.37. The number of hydrogen-bond donors (Lipinski definition) is 1. The molecule has 0 saturated carbocycles. The van der Waals surface area contributed by atoms with Crippen molar-refractivity contribution in [3.63, 3.8) is 0 Å². The van der Waals surface area contributed by atoms with Crippen molar-refractivity contribution >= 4 is 0 Å². The minimum atomic E-state index is 0.282. The molecule has 1 saturated heterocycles. The molecular weight excluding hydrogens is 116 g/mol. The topological polar surface area (TPSA) is 38.5 Å². The standard InChI is InChI=1S/C6H14N2O/c1-2-8-4-3-6(5-8)9-7/h6H,2-5,7H2,1H3. The van der Waals surface area contributed by atoms with Crippen LogP contribution >= 0.6 is 0 Å². The van der Waals surface area contributed by atoms with E-state index in [1.54, 1.807) is 0 Å². The first-order chi connectivity index (χ1) is 4.36. The van der Waals surface area contributed by atoms with Crippen LogP contribution in [0.4, 0.5) is 0 Å². The third-order valence-electron chi connectivity index (χ3n) is 1.87. The SMILES string of the molecule is CCN1CCC(ON)C1. The fraction of sp³-hybridized carbons (Fsp3) is 1.00. The van der Waals surface area contributed by atoms with Crippen LogP contribution in [0.15, 0.2) is 0 Å². The highest BCUT2D eigenvalue weighted by Gasteiger charge is 2.20. The van der Waals surface area contributed by atoms with E-state index < -0.39 is 0 Å². The van der Waals surface area contributed by atoms with Crippen LogP contribution in [0.5, 0.6) is 0 Å². The highest BCUT2D eigenvalue weighted by molar-refractivity contribution is 4.73. The predicted octanol–water partition coefficient (Wildman–Crippen LogP) is -0.0291. The second kappa shape index (κ2) is 3.15. The number of nitrogens with two attached hydrogens (primary N) is 1. The fourth-order valence-electron chi connectivity index (χ4n) is 1.20. The maximum Gasteiger partial charge on any atom is 0.0926 e. The van der Waals surface area contributed by atoms with E-state index in [1.165, 1.54) is 0 Å². The normalized spacial score (nSPS) is 29.3. The second-order valence-corrected chi connectivity index (χ2v) is 2.44. The molecule has 1 rings (SSSR count). The van der Waals surface area contributed by atoms with E-state index in [-0.39, 0.29) is 6.10 Å². The van der Waals surface area contributed by atoms with Crippen molar-refractivity contribution in [2.24, 2.45) is 5.90 Å². The van der Waals surface area contributed by atoms with Gasteiger partial charge in [0.25, 0.3) is 0 Å². The van der Waals surface area contributed by atoms with Gasteiger partial charge in [0.1, 0.15) is 0 Å². The molecule has 54 valence electrons. The third kappa shape index (κ3) is 1.64. The van der Waals surface area contributed by atoms with Crippen LogP contribution in [-0.2, 0) is 4.84 Å². The maximum atomic E-state index is 5.02.